The Kier molecular flexibility index (Phi) is 5.39. The van der Waals surface area contributed by atoms with Crippen LogP contribution in [0.4, 0.5) is 0 Å². The fourth-order valence-electron chi connectivity index (χ4n) is 3.35. The van der Waals surface area contributed by atoms with Crippen LogP contribution in [0.1, 0.15) is 56.2 Å². The first-order chi connectivity index (χ1) is 12.0. The molecule has 1 amide bonds. The number of hydrogen-bond acceptors (Lipinski definition) is 4. The highest BCUT2D eigenvalue weighted by atomic mass is 16.1. The zero-order chi connectivity index (χ0) is 17.9. The molecule has 1 saturated heterocycles. The fraction of sp³-hybridized carbons (Fsp3) is 0.579. The smallest absolute Gasteiger partial charge is 0.253 e. The maximum absolute atomic E-state index is 12.6. The molecule has 1 aromatic heterocycles. The largest absolute Gasteiger partial charge is 0.352 e. The van der Waals surface area contributed by atoms with Crippen molar-refractivity contribution >= 4 is 16.9 Å². The number of imidazole rings is 1. The third-order valence-corrected chi connectivity index (χ3v) is 4.84. The maximum atomic E-state index is 12.6. The molecule has 136 valence electrons. The van der Waals surface area contributed by atoms with Crippen molar-refractivity contribution < 1.29 is 4.79 Å². The number of nitrogens with zero attached hydrogens (tertiary/aromatic N) is 1. The number of benzene rings is 1. The molecular weight excluding hydrogens is 314 g/mol. The second-order valence-corrected chi connectivity index (χ2v) is 7.37. The van der Waals surface area contributed by atoms with Crippen molar-refractivity contribution in [3.8, 4) is 0 Å². The van der Waals surface area contributed by atoms with E-state index < -0.39 is 0 Å². The van der Waals surface area contributed by atoms with Crippen molar-refractivity contribution in [1.82, 2.24) is 25.9 Å². The summed E-state index contributed by atoms with van der Waals surface area (Å²) in [5.41, 5.74) is 2.18. The van der Waals surface area contributed by atoms with Crippen LogP contribution < -0.4 is 16.0 Å². The zero-order valence-electron chi connectivity index (χ0n) is 15.4. The van der Waals surface area contributed by atoms with Crippen LogP contribution in [-0.4, -0.2) is 41.6 Å². The molecule has 6 heteroatoms. The third-order valence-electron chi connectivity index (χ3n) is 4.84. The highest BCUT2D eigenvalue weighted by Crippen LogP contribution is 2.30. The monoisotopic (exact) mass is 343 g/mol. The number of aromatic amines is 1. The molecule has 0 aliphatic carbocycles. The van der Waals surface area contributed by atoms with Gasteiger partial charge in [-0.1, -0.05) is 19.9 Å². The van der Waals surface area contributed by atoms with Crippen molar-refractivity contribution in [2.45, 2.75) is 51.6 Å². The van der Waals surface area contributed by atoms with Crippen LogP contribution >= 0.6 is 0 Å². The van der Waals surface area contributed by atoms with Gasteiger partial charge in [-0.05, 0) is 51.4 Å². The first kappa shape index (κ1) is 17.9. The van der Waals surface area contributed by atoms with Crippen LogP contribution in [0.15, 0.2) is 18.2 Å². The normalized spacial score (nSPS) is 20.5. The van der Waals surface area contributed by atoms with Gasteiger partial charge in [-0.25, -0.2) is 4.98 Å². The zero-order valence-corrected chi connectivity index (χ0v) is 15.4. The van der Waals surface area contributed by atoms with E-state index in [1.807, 2.05) is 18.2 Å². The molecule has 4 N–H and O–H groups in total. The van der Waals surface area contributed by atoms with E-state index in [-0.39, 0.29) is 11.4 Å². The molecule has 2 heterocycles. The predicted molar refractivity (Wildman–Crippen MR) is 101 cm³/mol. The Morgan fingerprint density at radius 3 is 2.92 bits per heavy atom. The maximum Gasteiger partial charge on any atom is 0.253 e. The summed E-state index contributed by atoms with van der Waals surface area (Å²) in [6.45, 7) is 8.97. The Bertz CT molecular complexity index is 730. The van der Waals surface area contributed by atoms with Gasteiger partial charge in [0, 0.05) is 12.6 Å². The van der Waals surface area contributed by atoms with E-state index in [1.165, 1.54) is 0 Å². The molecule has 6 nitrogen and oxygen atoms in total. The highest BCUT2D eigenvalue weighted by Gasteiger charge is 2.33. The number of nitrogens with one attached hydrogen (secondary N) is 4. The van der Waals surface area contributed by atoms with Crippen LogP contribution in [0.2, 0.25) is 0 Å². The minimum Gasteiger partial charge on any atom is -0.352 e. The molecule has 1 aromatic carbocycles. The molecule has 25 heavy (non-hydrogen) atoms. The predicted octanol–water partition coefficient (Wildman–Crippen LogP) is 2.28. The number of hydrogen-bond donors (Lipinski definition) is 4. The number of rotatable bonds is 7. The number of carbonyl (C=O) groups excluding carboxylic acids is 1. The van der Waals surface area contributed by atoms with Crippen LogP contribution in [0.3, 0.4) is 0 Å². The van der Waals surface area contributed by atoms with E-state index in [0.717, 1.165) is 49.2 Å². The lowest BCUT2D eigenvalue weighted by molar-refractivity contribution is 0.0954. The highest BCUT2D eigenvalue weighted by molar-refractivity contribution is 6.04. The summed E-state index contributed by atoms with van der Waals surface area (Å²) in [6, 6.07) is 6.20. The van der Waals surface area contributed by atoms with E-state index in [2.05, 4.69) is 41.7 Å². The van der Waals surface area contributed by atoms with Crippen molar-refractivity contribution in [3.05, 3.63) is 29.6 Å². The summed E-state index contributed by atoms with van der Waals surface area (Å²) >= 11 is 0. The van der Waals surface area contributed by atoms with Gasteiger partial charge >= 0.3 is 0 Å². The van der Waals surface area contributed by atoms with Gasteiger partial charge in [0.15, 0.2) is 0 Å². The molecule has 3 rings (SSSR count). The van der Waals surface area contributed by atoms with Gasteiger partial charge in [-0.3, -0.25) is 4.79 Å². The molecular formula is C19H29N5O. The van der Waals surface area contributed by atoms with E-state index in [1.54, 1.807) is 0 Å². The topological polar surface area (TPSA) is 81.8 Å². The number of amides is 1. The molecule has 1 aliphatic rings. The van der Waals surface area contributed by atoms with Crippen LogP contribution in [0.25, 0.3) is 11.0 Å². The summed E-state index contributed by atoms with van der Waals surface area (Å²) in [5, 5.41) is 9.87. The number of carbonyl (C=O) groups is 1. The second kappa shape index (κ2) is 7.54. The quantitative estimate of drug-likeness (QED) is 0.581. The molecule has 2 aromatic rings. The van der Waals surface area contributed by atoms with Gasteiger partial charge in [-0.2, -0.15) is 0 Å². The minimum absolute atomic E-state index is 0.0577. The first-order valence-electron chi connectivity index (χ1n) is 9.25. The molecule has 0 spiro atoms. The van der Waals surface area contributed by atoms with Gasteiger partial charge in [0.05, 0.1) is 16.6 Å². The van der Waals surface area contributed by atoms with Gasteiger partial charge in [-0.15, -0.1) is 0 Å². The third kappa shape index (κ3) is 4.02. The summed E-state index contributed by atoms with van der Waals surface area (Å²) in [5.74, 6) is 0.860. The molecule has 1 aliphatic heterocycles. The van der Waals surface area contributed by atoms with E-state index in [4.69, 9.17) is 4.98 Å². The van der Waals surface area contributed by atoms with E-state index >= 15 is 0 Å². The lowest BCUT2D eigenvalue weighted by atomic mass is 10.00. The second-order valence-electron chi connectivity index (χ2n) is 7.37. The van der Waals surface area contributed by atoms with Gasteiger partial charge in [0.25, 0.3) is 5.91 Å². The lowest BCUT2D eigenvalue weighted by Crippen LogP contribution is -2.34. The Balaban J connectivity index is 1.71. The molecule has 0 radical (unpaired) electrons. The van der Waals surface area contributed by atoms with Crippen LogP contribution in [0, 0.1) is 0 Å². The van der Waals surface area contributed by atoms with Crippen LogP contribution in [0.5, 0.6) is 0 Å². The first-order valence-corrected chi connectivity index (χ1v) is 9.25. The SMILES string of the molecule is CC(C)NCCCNC(=O)c1cccc2[nH]c([C@]3(C)CCCN3)nc12. The summed E-state index contributed by atoms with van der Waals surface area (Å²) in [6.07, 6.45) is 3.11. The van der Waals surface area contributed by atoms with Crippen molar-refractivity contribution in [2.24, 2.45) is 0 Å². The summed E-state index contributed by atoms with van der Waals surface area (Å²) in [4.78, 5) is 20.7. The van der Waals surface area contributed by atoms with Crippen molar-refractivity contribution in [1.29, 1.82) is 0 Å². The average molecular weight is 343 g/mol. The van der Waals surface area contributed by atoms with Crippen LogP contribution in [-0.2, 0) is 5.54 Å². The number of fused-ring (bicyclic) bond motifs is 1. The summed E-state index contributed by atoms with van der Waals surface area (Å²) < 4.78 is 0. The minimum atomic E-state index is -0.130. The summed E-state index contributed by atoms with van der Waals surface area (Å²) in [7, 11) is 0. The van der Waals surface area contributed by atoms with Crippen molar-refractivity contribution in [3.63, 3.8) is 0 Å². The van der Waals surface area contributed by atoms with Gasteiger partial charge < -0.3 is 20.9 Å². The number of H-pyrrole nitrogens is 1. The Labute approximate surface area is 149 Å². The fourth-order valence-corrected chi connectivity index (χ4v) is 3.35. The van der Waals surface area contributed by atoms with Crippen molar-refractivity contribution in [2.75, 3.05) is 19.6 Å². The van der Waals surface area contributed by atoms with Gasteiger partial charge in [0.1, 0.15) is 11.3 Å². The molecule has 1 atom stereocenters. The average Bonchev–Trinajstić information content (AvgIpc) is 3.20. The molecule has 1 fully saturated rings. The van der Waals surface area contributed by atoms with E-state index in [9.17, 15) is 4.79 Å². The lowest BCUT2D eigenvalue weighted by Gasteiger charge is -2.21. The molecule has 0 unspecified atom stereocenters. The Hall–Kier alpha value is -1.92. The van der Waals surface area contributed by atoms with E-state index in [0.29, 0.717) is 18.2 Å². The van der Waals surface area contributed by atoms with Gasteiger partial charge in [0.2, 0.25) is 0 Å². The Morgan fingerprint density at radius 1 is 1.36 bits per heavy atom. The molecule has 0 bridgehead atoms. The standard InChI is InChI=1S/C19H29N5O/c1-13(2)20-10-6-11-21-17(25)14-7-4-8-15-16(14)24-18(23-15)19(3)9-5-12-22-19/h4,7-8,13,20,22H,5-6,9-12H2,1-3H3,(H,21,25)(H,23,24)/t19-/m0/s1. The number of para-hydroxylation sites is 1. The Morgan fingerprint density at radius 2 is 2.20 bits per heavy atom. The number of aromatic nitrogens is 2. The molecule has 0 saturated carbocycles.